The average molecular weight is 199 g/mol. The zero-order valence-electron chi connectivity index (χ0n) is 9.18. The van der Waals surface area contributed by atoms with E-state index in [1.165, 1.54) is 12.8 Å². The highest BCUT2D eigenvalue weighted by Gasteiger charge is 2.12. The predicted octanol–water partition coefficient (Wildman–Crippen LogP) is 0.647. The molecule has 1 atom stereocenters. The number of piperidine rings is 1. The third kappa shape index (κ3) is 3.96. The largest absolute Gasteiger partial charge is 0.338 e. The number of carbonyl (C=O) groups excluding carboxylic acids is 1. The minimum atomic E-state index is 0.00812. The molecule has 0 saturated carbocycles. The first kappa shape index (κ1) is 11.3. The lowest BCUT2D eigenvalue weighted by Gasteiger charge is -2.23. The number of amides is 2. The lowest BCUT2D eigenvalue weighted by Crippen LogP contribution is -2.37. The monoisotopic (exact) mass is 199 g/mol. The van der Waals surface area contributed by atoms with E-state index in [4.69, 9.17) is 0 Å². The van der Waals surface area contributed by atoms with Crippen LogP contribution in [0.1, 0.15) is 19.3 Å². The third-order valence-electron chi connectivity index (χ3n) is 2.63. The molecule has 0 spiro atoms. The summed E-state index contributed by atoms with van der Waals surface area (Å²) in [4.78, 5) is 12.8. The zero-order valence-corrected chi connectivity index (χ0v) is 9.18. The number of hydrogen-bond donors (Lipinski definition) is 2. The van der Waals surface area contributed by atoms with Crippen LogP contribution in [0, 0.1) is 5.92 Å². The number of hydrogen-bond acceptors (Lipinski definition) is 2. The second-order valence-electron chi connectivity index (χ2n) is 4.13. The molecular weight excluding hydrogens is 178 g/mol. The summed E-state index contributed by atoms with van der Waals surface area (Å²) in [5.74, 6) is 0.742. The van der Waals surface area contributed by atoms with Crippen molar-refractivity contribution in [2.45, 2.75) is 19.3 Å². The lowest BCUT2D eigenvalue weighted by atomic mass is 9.96. The molecule has 1 fully saturated rings. The second kappa shape index (κ2) is 5.86. The van der Waals surface area contributed by atoms with Crippen LogP contribution >= 0.6 is 0 Å². The molecule has 1 heterocycles. The standard InChI is InChI=1S/C10H21N3O/c1-13(2)10(14)12-7-5-9-4-3-6-11-8-9/h9,11H,3-8H2,1-2H3,(H,12,14). The van der Waals surface area contributed by atoms with E-state index in [-0.39, 0.29) is 6.03 Å². The summed E-state index contributed by atoms with van der Waals surface area (Å²) in [6, 6.07) is 0.00812. The number of rotatable bonds is 3. The molecule has 1 unspecified atom stereocenters. The molecule has 14 heavy (non-hydrogen) atoms. The van der Waals surface area contributed by atoms with Crippen LogP contribution in [0.3, 0.4) is 0 Å². The van der Waals surface area contributed by atoms with Crippen molar-refractivity contribution in [3.8, 4) is 0 Å². The Labute approximate surface area is 86.0 Å². The van der Waals surface area contributed by atoms with Crippen LogP contribution in [-0.4, -0.2) is 44.7 Å². The Morgan fingerprint density at radius 1 is 1.57 bits per heavy atom. The fourth-order valence-electron chi connectivity index (χ4n) is 1.71. The fourth-order valence-corrected chi connectivity index (χ4v) is 1.71. The van der Waals surface area contributed by atoms with E-state index in [9.17, 15) is 4.79 Å². The van der Waals surface area contributed by atoms with Crippen LogP contribution in [0.2, 0.25) is 0 Å². The maximum absolute atomic E-state index is 11.2. The summed E-state index contributed by atoms with van der Waals surface area (Å²) in [6.45, 7) is 3.06. The van der Waals surface area contributed by atoms with Crippen molar-refractivity contribution in [3.63, 3.8) is 0 Å². The van der Waals surface area contributed by atoms with Gasteiger partial charge in [-0.25, -0.2) is 4.79 Å². The number of carbonyl (C=O) groups is 1. The molecule has 0 aliphatic carbocycles. The maximum Gasteiger partial charge on any atom is 0.316 e. The van der Waals surface area contributed by atoms with Crippen molar-refractivity contribution in [1.82, 2.24) is 15.5 Å². The smallest absolute Gasteiger partial charge is 0.316 e. The van der Waals surface area contributed by atoms with Crippen LogP contribution in [0.25, 0.3) is 0 Å². The Bertz CT molecular complexity index is 176. The first-order valence-electron chi connectivity index (χ1n) is 5.36. The molecule has 4 heteroatoms. The van der Waals surface area contributed by atoms with Gasteiger partial charge in [-0.15, -0.1) is 0 Å². The second-order valence-corrected chi connectivity index (χ2v) is 4.13. The van der Waals surface area contributed by atoms with Crippen LogP contribution in [0.15, 0.2) is 0 Å². The maximum atomic E-state index is 11.2. The van der Waals surface area contributed by atoms with E-state index >= 15 is 0 Å². The van der Waals surface area contributed by atoms with E-state index in [0.717, 1.165) is 32.0 Å². The molecule has 2 amide bonds. The van der Waals surface area contributed by atoms with Crippen molar-refractivity contribution in [1.29, 1.82) is 0 Å². The molecule has 1 aliphatic heterocycles. The van der Waals surface area contributed by atoms with Gasteiger partial charge in [-0.2, -0.15) is 0 Å². The van der Waals surface area contributed by atoms with Crippen LogP contribution in [0.4, 0.5) is 4.79 Å². The molecule has 82 valence electrons. The van der Waals surface area contributed by atoms with Crippen LogP contribution in [-0.2, 0) is 0 Å². The molecule has 0 aromatic carbocycles. The minimum absolute atomic E-state index is 0.00812. The van der Waals surface area contributed by atoms with Crippen molar-refractivity contribution in [3.05, 3.63) is 0 Å². The van der Waals surface area contributed by atoms with Gasteiger partial charge in [0.1, 0.15) is 0 Å². The molecule has 2 N–H and O–H groups in total. The van der Waals surface area contributed by atoms with Crippen LogP contribution < -0.4 is 10.6 Å². The number of nitrogens with zero attached hydrogens (tertiary/aromatic N) is 1. The fraction of sp³-hybridized carbons (Fsp3) is 0.900. The average Bonchev–Trinajstić information content (AvgIpc) is 2.19. The van der Waals surface area contributed by atoms with E-state index < -0.39 is 0 Å². The van der Waals surface area contributed by atoms with Crippen LogP contribution in [0.5, 0.6) is 0 Å². The van der Waals surface area contributed by atoms with Crippen molar-refractivity contribution < 1.29 is 4.79 Å². The number of urea groups is 1. The Morgan fingerprint density at radius 2 is 2.36 bits per heavy atom. The summed E-state index contributed by atoms with van der Waals surface area (Å²) < 4.78 is 0. The van der Waals surface area contributed by atoms with Gasteiger partial charge in [-0.3, -0.25) is 0 Å². The molecule has 0 aromatic rings. The van der Waals surface area contributed by atoms with E-state index in [1.54, 1.807) is 19.0 Å². The van der Waals surface area contributed by atoms with E-state index in [2.05, 4.69) is 10.6 Å². The first-order valence-corrected chi connectivity index (χ1v) is 5.36. The Morgan fingerprint density at radius 3 is 2.93 bits per heavy atom. The molecule has 0 radical (unpaired) electrons. The van der Waals surface area contributed by atoms with Crippen molar-refractivity contribution in [2.75, 3.05) is 33.7 Å². The SMILES string of the molecule is CN(C)C(=O)NCCC1CCCNC1. The zero-order chi connectivity index (χ0) is 10.4. The Kier molecular flexibility index (Phi) is 4.73. The Balaban J connectivity index is 2.05. The number of nitrogens with one attached hydrogen (secondary N) is 2. The molecule has 0 bridgehead atoms. The highest BCUT2D eigenvalue weighted by atomic mass is 16.2. The molecule has 0 aromatic heterocycles. The highest BCUT2D eigenvalue weighted by molar-refractivity contribution is 5.73. The summed E-state index contributed by atoms with van der Waals surface area (Å²) in [5, 5.41) is 6.26. The van der Waals surface area contributed by atoms with Gasteiger partial charge in [0.15, 0.2) is 0 Å². The van der Waals surface area contributed by atoms with Gasteiger partial charge in [0, 0.05) is 20.6 Å². The molecule has 4 nitrogen and oxygen atoms in total. The summed E-state index contributed by atoms with van der Waals surface area (Å²) in [5.41, 5.74) is 0. The first-order chi connectivity index (χ1) is 6.70. The van der Waals surface area contributed by atoms with Crippen molar-refractivity contribution >= 4 is 6.03 Å². The van der Waals surface area contributed by atoms with Gasteiger partial charge in [-0.05, 0) is 38.3 Å². The molecule has 1 aliphatic rings. The molecule has 1 saturated heterocycles. The molecular formula is C10H21N3O. The van der Waals surface area contributed by atoms with Gasteiger partial charge in [0.05, 0.1) is 0 Å². The highest BCUT2D eigenvalue weighted by Crippen LogP contribution is 2.12. The third-order valence-corrected chi connectivity index (χ3v) is 2.63. The predicted molar refractivity (Wildman–Crippen MR) is 57.3 cm³/mol. The summed E-state index contributed by atoms with van der Waals surface area (Å²) in [6.07, 6.45) is 3.66. The lowest BCUT2D eigenvalue weighted by molar-refractivity contribution is 0.216. The normalized spacial score (nSPS) is 21.7. The quantitative estimate of drug-likeness (QED) is 0.701. The van der Waals surface area contributed by atoms with E-state index in [1.807, 2.05) is 0 Å². The van der Waals surface area contributed by atoms with Gasteiger partial charge >= 0.3 is 6.03 Å². The van der Waals surface area contributed by atoms with Gasteiger partial charge in [0.2, 0.25) is 0 Å². The van der Waals surface area contributed by atoms with Gasteiger partial charge < -0.3 is 15.5 Å². The van der Waals surface area contributed by atoms with E-state index in [0.29, 0.717) is 0 Å². The topological polar surface area (TPSA) is 44.4 Å². The van der Waals surface area contributed by atoms with Gasteiger partial charge in [0.25, 0.3) is 0 Å². The molecule has 1 rings (SSSR count). The Hall–Kier alpha value is -0.770. The summed E-state index contributed by atoms with van der Waals surface area (Å²) >= 11 is 0. The minimum Gasteiger partial charge on any atom is -0.338 e. The van der Waals surface area contributed by atoms with Gasteiger partial charge in [-0.1, -0.05) is 0 Å². The van der Waals surface area contributed by atoms with Crippen molar-refractivity contribution in [2.24, 2.45) is 5.92 Å². The summed E-state index contributed by atoms with van der Waals surface area (Å²) in [7, 11) is 3.52.